The second kappa shape index (κ2) is 15.7. The molecule has 0 aliphatic carbocycles. The molecule has 8 rings (SSSR count). The lowest BCUT2D eigenvalue weighted by Crippen LogP contribution is -2.11. The quantitative estimate of drug-likeness (QED) is 0.167. The summed E-state index contributed by atoms with van der Waals surface area (Å²) in [7, 11) is 0. The standard InChI is InChI=1S/C56H57N3O/c1-35(2)27-38-19-24-50(47(30-38)40-15-12-11-13-16-40)59-51-18-14-17-46(52(51)58-54(59)48-29-36(3)28-37(4)53(48)60)42-31-43(33-45(32-42)56(8,9)10)49-34-41(25-26-57-49)39-20-22-44(23-21-39)55(5,6)7/h11-26,28-35,60H,27H2,1-10H3/i5D3,6D3,7D3,20D,21D,22D,23D. The molecule has 0 fully saturated rings. The van der Waals surface area contributed by atoms with Crippen molar-refractivity contribution in [3.05, 3.63) is 167 Å². The van der Waals surface area contributed by atoms with Crippen molar-refractivity contribution in [3.8, 4) is 67.5 Å². The predicted molar refractivity (Wildman–Crippen MR) is 253 cm³/mol. The zero-order valence-electron chi connectivity index (χ0n) is 48.0. The van der Waals surface area contributed by atoms with Crippen LogP contribution in [0.2, 0.25) is 0 Å². The maximum atomic E-state index is 11.8. The lowest BCUT2D eigenvalue weighted by molar-refractivity contribution is 0.472. The summed E-state index contributed by atoms with van der Waals surface area (Å²) in [5.41, 5.74) is 5.70. The van der Waals surface area contributed by atoms with Gasteiger partial charge in [-0.1, -0.05) is 140 Å². The second-order valence-corrected chi connectivity index (χ2v) is 17.2. The molecule has 0 amide bonds. The van der Waals surface area contributed by atoms with Crippen molar-refractivity contribution in [1.82, 2.24) is 14.5 Å². The van der Waals surface area contributed by atoms with Gasteiger partial charge in [0.1, 0.15) is 11.6 Å². The van der Waals surface area contributed by atoms with Gasteiger partial charge in [-0.25, -0.2) is 4.98 Å². The Morgan fingerprint density at radius 3 is 2.13 bits per heavy atom. The molecule has 1 N–H and O–H groups in total. The molecule has 0 bridgehead atoms. The summed E-state index contributed by atoms with van der Waals surface area (Å²) in [5.74, 6) is 1.09. The van der Waals surface area contributed by atoms with Crippen molar-refractivity contribution in [2.75, 3.05) is 0 Å². The van der Waals surface area contributed by atoms with Gasteiger partial charge in [-0.15, -0.1) is 0 Å². The third-order valence-electron chi connectivity index (χ3n) is 10.9. The van der Waals surface area contributed by atoms with Crippen LogP contribution < -0.4 is 0 Å². The van der Waals surface area contributed by atoms with E-state index in [1.807, 2.05) is 74.5 Å². The lowest BCUT2D eigenvalue weighted by atomic mass is 9.83. The van der Waals surface area contributed by atoms with E-state index in [0.29, 0.717) is 39.6 Å². The van der Waals surface area contributed by atoms with Gasteiger partial charge in [0.15, 0.2) is 0 Å². The number of imidazole rings is 1. The first-order valence-electron chi connectivity index (χ1n) is 26.7. The monoisotopic (exact) mass is 801 g/mol. The van der Waals surface area contributed by atoms with Gasteiger partial charge in [-0.2, -0.15) is 0 Å². The Balaban J connectivity index is 1.37. The number of aryl methyl sites for hydroxylation is 2. The number of aromatic hydroxyl groups is 1. The van der Waals surface area contributed by atoms with Gasteiger partial charge in [-0.05, 0) is 136 Å². The summed E-state index contributed by atoms with van der Waals surface area (Å²) in [6.45, 7) is 3.08. The third kappa shape index (κ3) is 8.04. The molecule has 302 valence electrons. The van der Waals surface area contributed by atoms with Gasteiger partial charge in [0.2, 0.25) is 0 Å². The van der Waals surface area contributed by atoms with Crippen molar-refractivity contribution < 1.29 is 22.9 Å². The minimum atomic E-state index is -3.80. The molecule has 4 nitrogen and oxygen atoms in total. The number of hydrogen-bond donors (Lipinski definition) is 1. The van der Waals surface area contributed by atoms with Crippen LogP contribution in [0.25, 0.3) is 72.7 Å². The van der Waals surface area contributed by atoms with E-state index in [1.165, 1.54) is 17.8 Å². The van der Waals surface area contributed by atoms with Crippen molar-refractivity contribution in [2.24, 2.45) is 5.92 Å². The highest BCUT2D eigenvalue weighted by atomic mass is 16.3. The number of phenols is 1. The highest BCUT2D eigenvalue weighted by Crippen LogP contribution is 2.43. The number of aromatic nitrogens is 3. The molecule has 0 atom stereocenters. The summed E-state index contributed by atoms with van der Waals surface area (Å²) in [6.07, 6.45) is 2.32. The molecule has 2 heterocycles. The number of benzene rings is 6. The van der Waals surface area contributed by atoms with Crippen LogP contribution in [0.5, 0.6) is 5.75 Å². The van der Waals surface area contributed by atoms with Gasteiger partial charge in [0.05, 0.1) is 33.5 Å². The number of pyridine rings is 1. The minimum absolute atomic E-state index is 0.118. The number of fused-ring (bicyclic) bond motifs is 1. The predicted octanol–water partition coefficient (Wildman–Crippen LogP) is 14.9. The minimum Gasteiger partial charge on any atom is -0.507 e. The van der Waals surface area contributed by atoms with Crippen LogP contribution >= 0.6 is 0 Å². The fourth-order valence-corrected chi connectivity index (χ4v) is 7.86. The Kier molecular flexibility index (Phi) is 7.21. The Hall–Kier alpha value is -6.26. The van der Waals surface area contributed by atoms with E-state index in [1.54, 1.807) is 6.07 Å². The van der Waals surface area contributed by atoms with Crippen LogP contribution in [0.15, 0.2) is 140 Å². The van der Waals surface area contributed by atoms with Gasteiger partial charge in [-0.3, -0.25) is 9.55 Å². The van der Waals surface area contributed by atoms with Gasteiger partial charge < -0.3 is 5.11 Å². The van der Waals surface area contributed by atoms with E-state index in [0.717, 1.165) is 51.0 Å². The van der Waals surface area contributed by atoms with Crippen molar-refractivity contribution in [1.29, 1.82) is 0 Å². The van der Waals surface area contributed by atoms with E-state index in [4.69, 9.17) is 27.8 Å². The topological polar surface area (TPSA) is 50.9 Å². The summed E-state index contributed by atoms with van der Waals surface area (Å²) >= 11 is 0. The van der Waals surface area contributed by atoms with Crippen molar-refractivity contribution in [3.63, 3.8) is 0 Å². The largest absolute Gasteiger partial charge is 0.507 e. The molecule has 8 aromatic rings. The molecule has 0 spiro atoms. The van der Waals surface area contributed by atoms with Gasteiger partial charge in [0.25, 0.3) is 0 Å². The van der Waals surface area contributed by atoms with Crippen LogP contribution in [-0.4, -0.2) is 19.6 Å². The Labute approximate surface area is 374 Å². The van der Waals surface area contributed by atoms with E-state index in [-0.39, 0.29) is 16.9 Å². The summed E-state index contributed by atoms with van der Waals surface area (Å²) in [5, 5.41) is 11.8. The Morgan fingerprint density at radius 2 is 1.42 bits per heavy atom. The molecule has 2 aromatic heterocycles. The molecule has 60 heavy (non-hydrogen) atoms. The molecular weight excluding hydrogens is 731 g/mol. The number of nitrogens with zero attached hydrogens (tertiary/aromatic N) is 3. The second-order valence-electron chi connectivity index (χ2n) is 17.2. The highest BCUT2D eigenvalue weighted by molar-refractivity contribution is 5.98. The Morgan fingerprint density at radius 1 is 0.667 bits per heavy atom. The van der Waals surface area contributed by atoms with Crippen LogP contribution in [0, 0.1) is 19.8 Å². The van der Waals surface area contributed by atoms with Crippen LogP contribution in [0.1, 0.15) is 101 Å². The zero-order chi connectivity index (χ0) is 53.5. The summed E-state index contributed by atoms with van der Waals surface area (Å²) in [6, 6.07) is 31.9. The summed E-state index contributed by atoms with van der Waals surface area (Å²) in [4.78, 5) is 10.2. The lowest BCUT2D eigenvalue weighted by Gasteiger charge is -2.22. The van der Waals surface area contributed by atoms with Crippen molar-refractivity contribution in [2.45, 2.75) is 86.3 Å². The average Bonchev–Trinajstić information content (AvgIpc) is 3.69. The number of hydrogen-bond acceptors (Lipinski definition) is 3. The summed E-state index contributed by atoms with van der Waals surface area (Å²) < 4.78 is 112. The fraction of sp³-hybridized carbons (Fsp3) is 0.250. The fourth-order valence-electron chi connectivity index (χ4n) is 7.86. The maximum absolute atomic E-state index is 11.8. The SMILES string of the molecule is [2H]c1c([2H])c(C(C([2H])([2H])[2H])(C([2H])([2H])[2H])C([2H])([2H])[2H])c([2H])c([2H])c1-c1ccnc(-c2cc(-c3cccc4c3nc(-c3cc(C)cc(C)c3O)n4-c3ccc(CC(C)C)cc3-c3ccccc3)cc(C(C)(C)C)c2)c1. The first kappa shape index (κ1) is 27.5. The van der Waals surface area contributed by atoms with E-state index in [2.05, 4.69) is 75.6 Å². The van der Waals surface area contributed by atoms with Crippen LogP contribution in [0.3, 0.4) is 0 Å². The van der Waals surface area contributed by atoms with E-state index >= 15 is 0 Å². The highest BCUT2D eigenvalue weighted by Gasteiger charge is 2.25. The molecule has 6 aromatic carbocycles. The molecule has 0 unspecified atom stereocenters. The van der Waals surface area contributed by atoms with E-state index in [9.17, 15) is 5.11 Å². The van der Waals surface area contributed by atoms with E-state index < -0.39 is 61.1 Å². The molecular formula is C56H57N3O. The normalized spacial score (nSPS) is 15.9. The van der Waals surface area contributed by atoms with Crippen LogP contribution in [-0.2, 0) is 17.3 Å². The van der Waals surface area contributed by atoms with Gasteiger partial charge in [0, 0.05) is 35.2 Å². The average molecular weight is 801 g/mol. The molecule has 0 radical (unpaired) electrons. The number of phenolic OH excluding ortho intramolecular Hbond substituents is 1. The number of para-hydroxylation sites is 1. The first-order chi connectivity index (χ1) is 34.0. The third-order valence-corrected chi connectivity index (χ3v) is 10.9. The smallest absolute Gasteiger partial charge is 0.149 e. The molecule has 0 aliphatic rings. The molecule has 0 saturated carbocycles. The first-order valence-corrected chi connectivity index (χ1v) is 20.2. The Bertz CT molecular complexity index is 3370. The van der Waals surface area contributed by atoms with Gasteiger partial charge >= 0.3 is 0 Å². The molecule has 0 aliphatic heterocycles. The number of rotatable bonds is 8. The molecule has 0 saturated heterocycles. The van der Waals surface area contributed by atoms with Crippen molar-refractivity contribution >= 4 is 11.0 Å². The zero-order valence-corrected chi connectivity index (χ0v) is 35.0. The maximum Gasteiger partial charge on any atom is 0.149 e. The molecule has 4 heteroatoms. The van der Waals surface area contributed by atoms with Crippen LogP contribution in [0.4, 0.5) is 0 Å².